The first-order valence-corrected chi connectivity index (χ1v) is 6.37. The molecule has 0 saturated carbocycles. The van der Waals surface area contributed by atoms with Gasteiger partial charge in [-0.05, 0) is 47.4 Å². The van der Waals surface area contributed by atoms with Gasteiger partial charge < -0.3 is 14.4 Å². The van der Waals surface area contributed by atoms with Crippen molar-refractivity contribution in [2.75, 3.05) is 0 Å². The Kier molecular flexibility index (Phi) is 1.56. The maximum Gasteiger partial charge on any atom is 0.505 e. The van der Waals surface area contributed by atoms with Gasteiger partial charge in [0, 0.05) is 17.9 Å². The Morgan fingerprint density at radius 2 is 1.83 bits per heavy atom. The van der Waals surface area contributed by atoms with Crippen molar-refractivity contribution in [3.8, 4) is 0 Å². The van der Waals surface area contributed by atoms with E-state index in [1.54, 1.807) is 27.7 Å². The molecule has 1 aromatic rings. The molecule has 0 aromatic carbocycles. The molecule has 1 N–H and O–H groups in total. The number of thiophene rings is 1. The van der Waals surface area contributed by atoms with Gasteiger partial charge in [0.2, 0.25) is 0 Å². The minimum absolute atomic E-state index is 0.0515. The summed E-state index contributed by atoms with van der Waals surface area (Å²) in [6.07, 6.45) is 0. The molecule has 0 atom stereocenters. The van der Waals surface area contributed by atoms with Gasteiger partial charge in [-0.3, -0.25) is 0 Å². The summed E-state index contributed by atoms with van der Waals surface area (Å²) in [6.45, 7) is 0.501. The van der Waals surface area contributed by atoms with E-state index in [-0.39, 0.29) is 4.78 Å². The molecule has 0 spiro atoms. The monoisotopic (exact) mass is 276 g/mol. The molecular formula is C13H21BO3S. The summed E-state index contributed by atoms with van der Waals surface area (Å²) >= 11 is 0.551. The van der Waals surface area contributed by atoms with Gasteiger partial charge in [-0.25, -0.2) is 0 Å². The van der Waals surface area contributed by atoms with Crippen LogP contribution in [0, 0.1) is 0 Å². The van der Waals surface area contributed by atoms with Crippen LogP contribution >= 0.6 is 11.3 Å². The van der Waals surface area contributed by atoms with E-state index >= 15 is 0 Å². The fourth-order valence-electron chi connectivity index (χ4n) is 1.50. The molecule has 3 nitrogen and oxygen atoms in total. The second-order valence-electron chi connectivity index (χ2n) is 5.34. The lowest BCUT2D eigenvalue weighted by Gasteiger charge is -2.32. The van der Waals surface area contributed by atoms with Crippen molar-refractivity contribution in [1.29, 1.82) is 0 Å². The van der Waals surface area contributed by atoms with E-state index in [1.165, 1.54) is 0 Å². The highest BCUT2D eigenvalue weighted by Gasteiger charge is 2.52. The summed E-state index contributed by atoms with van der Waals surface area (Å²) in [7, 11) is -1.06. The van der Waals surface area contributed by atoms with E-state index in [0.29, 0.717) is 11.3 Å². The maximum atomic E-state index is 10.6. The van der Waals surface area contributed by atoms with Crippen LogP contribution in [0.15, 0.2) is 12.1 Å². The van der Waals surface area contributed by atoms with Gasteiger partial charge >= 0.3 is 7.12 Å². The highest BCUT2D eigenvalue weighted by Crippen LogP contribution is 2.37. The molecule has 100 valence electrons. The molecule has 0 amide bonds. The van der Waals surface area contributed by atoms with E-state index in [0.717, 1.165) is 0 Å². The zero-order valence-corrected chi connectivity index (χ0v) is 11.6. The molecule has 0 radical (unpaired) electrons. The van der Waals surface area contributed by atoms with Gasteiger partial charge in [0.05, 0.1) is 19.5 Å². The first-order chi connectivity index (χ1) is 11.4. The van der Waals surface area contributed by atoms with Crippen LogP contribution in [0.4, 0.5) is 0 Å². The van der Waals surface area contributed by atoms with Crippen molar-refractivity contribution < 1.29 is 25.4 Å². The van der Waals surface area contributed by atoms with Crippen LogP contribution in [0.2, 0.25) is 0 Å². The number of aliphatic hydroxyl groups is 1. The molecule has 1 aliphatic rings. The van der Waals surface area contributed by atoms with Crippen molar-refractivity contribution in [3.63, 3.8) is 0 Å². The van der Waals surface area contributed by atoms with Crippen LogP contribution in [-0.2, 0) is 14.9 Å². The Hall–Kier alpha value is -0.355. The molecule has 18 heavy (non-hydrogen) atoms. The summed E-state index contributed by atoms with van der Waals surface area (Å²) in [5, 5.41) is 10.6. The average molecular weight is 276 g/mol. The van der Waals surface area contributed by atoms with Crippen LogP contribution < -0.4 is 4.78 Å². The largest absolute Gasteiger partial charge is 0.505 e. The fraction of sp³-hybridized carbons (Fsp3) is 0.692. The van der Waals surface area contributed by atoms with Crippen molar-refractivity contribution in [2.24, 2.45) is 0 Å². The Balaban J connectivity index is 2.61. The Morgan fingerprint density at radius 3 is 2.33 bits per heavy atom. The SMILES string of the molecule is [2H]c1c(B2OC(C)(C)C(C)(C)O2)sc(C(O)(C([2H])([2H])[2H])C([2H])([2H])[2H])c1[2H]. The lowest BCUT2D eigenvalue weighted by molar-refractivity contribution is 0.00578. The van der Waals surface area contributed by atoms with E-state index in [4.69, 9.17) is 20.3 Å². The topological polar surface area (TPSA) is 38.7 Å². The second-order valence-corrected chi connectivity index (χ2v) is 6.40. The molecule has 0 aliphatic carbocycles. The quantitative estimate of drug-likeness (QED) is 0.842. The molecule has 2 rings (SSSR count). The fourth-order valence-corrected chi connectivity index (χ4v) is 2.26. The molecule has 1 saturated heterocycles. The molecule has 1 aromatic heterocycles. The van der Waals surface area contributed by atoms with Crippen LogP contribution in [0.5, 0.6) is 0 Å². The zero-order valence-electron chi connectivity index (χ0n) is 18.7. The Morgan fingerprint density at radius 1 is 1.28 bits per heavy atom. The molecule has 1 aliphatic heterocycles. The molecule has 0 unspecified atom stereocenters. The predicted molar refractivity (Wildman–Crippen MR) is 75.3 cm³/mol. The highest BCUT2D eigenvalue weighted by atomic mass is 32.1. The van der Waals surface area contributed by atoms with Crippen LogP contribution in [0.1, 0.15) is 57.2 Å². The zero-order chi connectivity index (χ0) is 20.5. The number of hydrogen-bond acceptors (Lipinski definition) is 4. The van der Waals surface area contributed by atoms with E-state index in [2.05, 4.69) is 0 Å². The first-order valence-electron chi connectivity index (χ1n) is 9.55. The molecule has 5 heteroatoms. The van der Waals surface area contributed by atoms with Crippen molar-refractivity contribution >= 4 is 23.2 Å². The maximum absolute atomic E-state index is 10.6. The van der Waals surface area contributed by atoms with Crippen molar-refractivity contribution in [1.82, 2.24) is 0 Å². The standard InChI is InChI=1S/C13H21BO3S/c1-11(2,15)9-7-8-10(18-9)14-16-12(3,4)13(5,6)17-14/h7-8,15H,1-6H3/i1D3,2D3,7D,8D. The normalized spacial score (nSPS) is 30.4. The van der Waals surface area contributed by atoms with Gasteiger partial charge in [-0.1, -0.05) is 6.04 Å². The minimum atomic E-state index is -3.32. The summed E-state index contributed by atoms with van der Waals surface area (Å²) in [5.74, 6) is 0. The number of hydrogen-bond donors (Lipinski definition) is 1. The smallest absolute Gasteiger partial charge is 0.399 e. The van der Waals surface area contributed by atoms with Crippen LogP contribution in [0.3, 0.4) is 0 Å². The Labute approximate surface area is 125 Å². The van der Waals surface area contributed by atoms with E-state index in [1.807, 2.05) is 0 Å². The minimum Gasteiger partial charge on any atom is -0.399 e. The van der Waals surface area contributed by atoms with Crippen LogP contribution in [0.25, 0.3) is 0 Å². The second kappa shape index (κ2) is 4.07. The predicted octanol–water partition coefficient (Wildman–Crippen LogP) is 2.27. The van der Waals surface area contributed by atoms with Gasteiger partial charge in [0.25, 0.3) is 0 Å². The van der Waals surface area contributed by atoms with Gasteiger partial charge in [0.15, 0.2) is 0 Å². The molecule has 2 heterocycles. The average Bonchev–Trinajstić information content (AvgIpc) is 2.81. The summed E-state index contributed by atoms with van der Waals surface area (Å²) in [4.78, 5) is -0.618. The van der Waals surface area contributed by atoms with E-state index in [9.17, 15) is 5.11 Å². The summed E-state index contributed by atoms with van der Waals surface area (Å²) in [6, 6.07) is -1.08. The molecular weight excluding hydrogens is 247 g/mol. The first kappa shape index (κ1) is 6.89. The van der Waals surface area contributed by atoms with E-state index < -0.39 is 54.6 Å². The molecule has 1 fully saturated rings. The lowest BCUT2D eigenvalue weighted by atomic mass is 9.88. The third kappa shape index (κ3) is 2.37. The van der Waals surface area contributed by atoms with Gasteiger partial charge in [-0.15, -0.1) is 11.3 Å². The van der Waals surface area contributed by atoms with Crippen molar-refractivity contribution in [2.45, 2.75) is 58.2 Å². The third-order valence-electron chi connectivity index (χ3n) is 3.31. The highest BCUT2D eigenvalue weighted by molar-refractivity contribution is 7.22. The van der Waals surface area contributed by atoms with Crippen LogP contribution in [-0.4, -0.2) is 23.4 Å². The Bertz CT molecular complexity index is 679. The number of rotatable bonds is 2. The lowest BCUT2D eigenvalue weighted by Crippen LogP contribution is -2.41. The van der Waals surface area contributed by atoms with Gasteiger partial charge in [0.1, 0.15) is 0 Å². The van der Waals surface area contributed by atoms with Gasteiger partial charge in [-0.2, -0.15) is 0 Å². The van der Waals surface area contributed by atoms with Crippen molar-refractivity contribution in [3.05, 3.63) is 17.0 Å². The summed E-state index contributed by atoms with van der Waals surface area (Å²) in [5.41, 5.74) is -4.74. The molecule has 0 bridgehead atoms. The summed E-state index contributed by atoms with van der Waals surface area (Å²) < 4.78 is 72.9. The third-order valence-corrected chi connectivity index (χ3v) is 4.42.